The first-order chi connectivity index (χ1) is 11.6. The predicted molar refractivity (Wildman–Crippen MR) is 84.0 cm³/mol. The Bertz CT molecular complexity index is 680. The Balaban J connectivity index is 1.43. The van der Waals surface area contributed by atoms with Crippen molar-refractivity contribution in [2.24, 2.45) is 5.92 Å². The third-order valence-electron chi connectivity index (χ3n) is 4.64. The molecule has 3 aliphatic heterocycles. The van der Waals surface area contributed by atoms with Crippen LogP contribution < -0.4 is 20.1 Å². The number of urea groups is 1. The SMILES string of the molecule is CNC(=O)N1C[C@H]2C[C@H](C(=O)Nc3ccc4c(c3)OCO4)[C@@H](C1)O2. The minimum Gasteiger partial charge on any atom is -0.454 e. The molecule has 3 aliphatic rings. The van der Waals surface area contributed by atoms with E-state index >= 15 is 0 Å². The molecule has 1 aromatic carbocycles. The van der Waals surface area contributed by atoms with Gasteiger partial charge in [-0.2, -0.15) is 0 Å². The van der Waals surface area contributed by atoms with Gasteiger partial charge < -0.3 is 29.7 Å². The summed E-state index contributed by atoms with van der Waals surface area (Å²) in [6, 6.07) is 5.17. The van der Waals surface area contributed by atoms with E-state index in [2.05, 4.69) is 10.6 Å². The van der Waals surface area contributed by atoms with Crippen molar-refractivity contribution in [2.45, 2.75) is 18.6 Å². The van der Waals surface area contributed by atoms with Gasteiger partial charge in [0.2, 0.25) is 12.7 Å². The third-order valence-corrected chi connectivity index (χ3v) is 4.64. The fourth-order valence-electron chi connectivity index (χ4n) is 3.47. The van der Waals surface area contributed by atoms with Crippen molar-refractivity contribution >= 4 is 17.6 Å². The van der Waals surface area contributed by atoms with E-state index in [1.165, 1.54) is 0 Å². The molecule has 0 aromatic heterocycles. The molecule has 0 spiro atoms. The Labute approximate surface area is 139 Å². The minimum absolute atomic E-state index is 0.0893. The molecule has 2 fully saturated rings. The van der Waals surface area contributed by atoms with Crippen molar-refractivity contribution in [2.75, 3.05) is 32.2 Å². The van der Waals surface area contributed by atoms with E-state index in [0.29, 0.717) is 36.7 Å². The number of ether oxygens (including phenoxy) is 3. The summed E-state index contributed by atoms with van der Waals surface area (Å²) in [5, 5.41) is 5.53. The fraction of sp³-hybridized carbons (Fsp3) is 0.500. The zero-order valence-corrected chi connectivity index (χ0v) is 13.3. The van der Waals surface area contributed by atoms with Crippen LogP contribution in [0.1, 0.15) is 6.42 Å². The quantitative estimate of drug-likeness (QED) is 0.835. The third kappa shape index (κ3) is 2.62. The molecule has 3 atom stereocenters. The zero-order valence-electron chi connectivity index (χ0n) is 13.3. The van der Waals surface area contributed by atoms with Gasteiger partial charge >= 0.3 is 6.03 Å². The number of morpholine rings is 1. The number of fused-ring (bicyclic) bond motifs is 3. The number of anilines is 1. The number of benzene rings is 1. The second-order valence-corrected chi connectivity index (χ2v) is 6.16. The molecular formula is C16H19N3O5. The molecule has 0 aliphatic carbocycles. The number of nitrogens with zero attached hydrogens (tertiary/aromatic N) is 1. The number of carbonyl (C=O) groups excluding carboxylic acids is 2. The Morgan fingerprint density at radius 3 is 2.88 bits per heavy atom. The normalized spacial score (nSPS) is 27.0. The molecule has 0 saturated carbocycles. The summed E-state index contributed by atoms with van der Waals surface area (Å²) in [5.41, 5.74) is 0.661. The van der Waals surface area contributed by atoms with E-state index in [9.17, 15) is 9.59 Å². The largest absolute Gasteiger partial charge is 0.454 e. The highest BCUT2D eigenvalue weighted by Gasteiger charge is 2.45. The Morgan fingerprint density at radius 1 is 1.21 bits per heavy atom. The van der Waals surface area contributed by atoms with E-state index in [-0.39, 0.29) is 36.9 Å². The van der Waals surface area contributed by atoms with Gasteiger partial charge in [0.05, 0.1) is 18.1 Å². The Kier molecular flexibility index (Phi) is 3.68. The van der Waals surface area contributed by atoms with Crippen LogP contribution in [-0.2, 0) is 9.53 Å². The molecule has 2 saturated heterocycles. The van der Waals surface area contributed by atoms with Crippen molar-refractivity contribution in [3.05, 3.63) is 18.2 Å². The Hall–Kier alpha value is -2.48. The molecule has 0 unspecified atom stereocenters. The fourth-order valence-corrected chi connectivity index (χ4v) is 3.47. The van der Waals surface area contributed by atoms with E-state index < -0.39 is 0 Å². The number of rotatable bonds is 2. The summed E-state index contributed by atoms with van der Waals surface area (Å²) in [5.74, 6) is 0.935. The molecule has 3 amide bonds. The molecule has 4 rings (SSSR count). The molecule has 2 bridgehead atoms. The van der Waals surface area contributed by atoms with E-state index in [1.54, 1.807) is 30.1 Å². The molecule has 24 heavy (non-hydrogen) atoms. The maximum absolute atomic E-state index is 12.6. The number of likely N-dealkylation sites (tertiary alicyclic amines) is 1. The topological polar surface area (TPSA) is 89.1 Å². The number of amides is 3. The lowest BCUT2D eigenvalue weighted by Gasteiger charge is -2.32. The minimum atomic E-state index is -0.268. The van der Waals surface area contributed by atoms with Crippen LogP contribution in [0.3, 0.4) is 0 Å². The van der Waals surface area contributed by atoms with Gasteiger partial charge in [-0.25, -0.2) is 4.79 Å². The van der Waals surface area contributed by atoms with Crippen molar-refractivity contribution in [1.29, 1.82) is 0 Å². The Morgan fingerprint density at radius 2 is 2.04 bits per heavy atom. The second kappa shape index (κ2) is 5.86. The molecule has 8 nitrogen and oxygen atoms in total. The molecule has 1 aromatic rings. The first-order valence-corrected chi connectivity index (χ1v) is 7.96. The van der Waals surface area contributed by atoms with Gasteiger partial charge in [0.15, 0.2) is 11.5 Å². The van der Waals surface area contributed by atoms with Crippen LogP contribution in [0.4, 0.5) is 10.5 Å². The molecule has 2 N–H and O–H groups in total. The van der Waals surface area contributed by atoms with Gasteiger partial charge in [0.1, 0.15) is 0 Å². The lowest BCUT2D eigenvalue weighted by atomic mass is 9.99. The van der Waals surface area contributed by atoms with Crippen molar-refractivity contribution in [1.82, 2.24) is 10.2 Å². The van der Waals surface area contributed by atoms with E-state index in [1.807, 2.05) is 0 Å². The zero-order chi connectivity index (χ0) is 16.7. The molecule has 3 heterocycles. The maximum Gasteiger partial charge on any atom is 0.317 e. The highest BCUT2D eigenvalue weighted by molar-refractivity contribution is 5.93. The van der Waals surface area contributed by atoms with Crippen LogP contribution in [-0.4, -0.2) is 56.0 Å². The summed E-state index contributed by atoms with van der Waals surface area (Å²) in [4.78, 5) is 26.1. The van der Waals surface area contributed by atoms with Crippen molar-refractivity contribution < 1.29 is 23.8 Å². The summed E-state index contributed by atoms with van der Waals surface area (Å²) in [6.07, 6.45) is 0.262. The van der Waals surface area contributed by atoms with Gasteiger partial charge in [-0.3, -0.25) is 4.79 Å². The summed E-state index contributed by atoms with van der Waals surface area (Å²) in [7, 11) is 1.60. The number of hydrogen-bond acceptors (Lipinski definition) is 5. The monoisotopic (exact) mass is 333 g/mol. The average molecular weight is 333 g/mol. The van der Waals surface area contributed by atoms with Crippen LogP contribution in [0.5, 0.6) is 11.5 Å². The summed E-state index contributed by atoms with van der Waals surface area (Å²) in [6.45, 7) is 1.14. The van der Waals surface area contributed by atoms with E-state index in [4.69, 9.17) is 14.2 Å². The van der Waals surface area contributed by atoms with Gasteiger partial charge in [0.25, 0.3) is 0 Å². The standard InChI is InChI=1S/C16H19N3O5/c1-17-16(21)19-6-10-5-11(14(7-19)24-10)15(20)18-9-2-3-12-13(4-9)23-8-22-12/h2-4,10-11,14H,5-8H2,1H3,(H,17,21)(H,18,20)/t10-,11+,14-/m1/s1. The first-order valence-electron chi connectivity index (χ1n) is 7.96. The van der Waals surface area contributed by atoms with Crippen LogP contribution in [0.2, 0.25) is 0 Å². The second-order valence-electron chi connectivity index (χ2n) is 6.16. The van der Waals surface area contributed by atoms with Crippen LogP contribution >= 0.6 is 0 Å². The van der Waals surface area contributed by atoms with E-state index in [0.717, 1.165) is 0 Å². The molecule has 0 radical (unpaired) electrons. The number of nitrogens with one attached hydrogen (secondary N) is 2. The van der Waals surface area contributed by atoms with Crippen LogP contribution in [0.15, 0.2) is 18.2 Å². The molecule has 128 valence electrons. The lowest BCUT2D eigenvalue weighted by molar-refractivity contribution is -0.122. The van der Waals surface area contributed by atoms with Crippen LogP contribution in [0, 0.1) is 5.92 Å². The highest BCUT2D eigenvalue weighted by Crippen LogP contribution is 2.36. The molecular weight excluding hydrogens is 314 g/mol. The van der Waals surface area contributed by atoms with Crippen molar-refractivity contribution in [3.63, 3.8) is 0 Å². The van der Waals surface area contributed by atoms with Gasteiger partial charge in [-0.15, -0.1) is 0 Å². The lowest BCUT2D eigenvalue weighted by Crippen LogP contribution is -2.50. The molecule has 8 heteroatoms. The summed E-state index contributed by atoms with van der Waals surface area (Å²) >= 11 is 0. The van der Waals surface area contributed by atoms with Gasteiger partial charge in [-0.05, 0) is 18.6 Å². The first kappa shape index (κ1) is 15.1. The van der Waals surface area contributed by atoms with Crippen LogP contribution in [0.25, 0.3) is 0 Å². The average Bonchev–Trinajstić information content (AvgIpc) is 3.17. The number of hydrogen-bond donors (Lipinski definition) is 2. The smallest absolute Gasteiger partial charge is 0.317 e. The van der Waals surface area contributed by atoms with Gasteiger partial charge in [-0.1, -0.05) is 0 Å². The summed E-state index contributed by atoms with van der Waals surface area (Å²) < 4.78 is 16.4. The maximum atomic E-state index is 12.6. The highest BCUT2D eigenvalue weighted by atomic mass is 16.7. The van der Waals surface area contributed by atoms with Gasteiger partial charge in [0, 0.05) is 31.9 Å². The van der Waals surface area contributed by atoms with Crippen molar-refractivity contribution in [3.8, 4) is 11.5 Å². The number of carbonyl (C=O) groups is 2. The predicted octanol–water partition coefficient (Wildman–Crippen LogP) is 0.782.